The molecule has 1 fully saturated rings. The standard InChI is InChI=1S/C23H29N7O/c1-15(2)31-18-6-7-20-19(12-18)22(27-26-20)16-8-9-24-21(11-16)30-10-4-5-17(13-30)23-28-25-14-29(23)3/h6-7,9,11-12,14-17H,4-5,8,10,13H2,1-3H3,(H,26,27). The Hall–Kier alpha value is -3.16. The van der Waals surface area contributed by atoms with Gasteiger partial charge in [0, 0.05) is 43.6 Å². The third-order valence-corrected chi connectivity index (χ3v) is 6.09. The van der Waals surface area contributed by atoms with Gasteiger partial charge in [0.15, 0.2) is 0 Å². The fraction of sp³-hybridized carbons (Fsp3) is 0.478. The molecule has 0 bridgehead atoms. The van der Waals surface area contributed by atoms with Crippen molar-refractivity contribution >= 4 is 17.1 Å². The lowest BCUT2D eigenvalue weighted by Crippen LogP contribution is -2.35. The highest BCUT2D eigenvalue weighted by Gasteiger charge is 2.28. The van der Waals surface area contributed by atoms with Crippen LogP contribution in [0.15, 0.2) is 41.4 Å². The van der Waals surface area contributed by atoms with Gasteiger partial charge in [-0.15, -0.1) is 10.2 Å². The maximum absolute atomic E-state index is 5.90. The molecule has 0 amide bonds. The molecule has 3 aromatic rings. The molecule has 31 heavy (non-hydrogen) atoms. The van der Waals surface area contributed by atoms with Crippen molar-refractivity contribution in [3.8, 4) is 5.75 Å². The molecule has 2 atom stereocenters. The minimum absolute atomic E-state index is 0.141. The molecule has 2 aromatic heterocycles. The monoisotopic (exact) mass is 419 g/mol. The Bertz CT molecular complexity index is 1130. The van der Waals surface area contributed by atoms with Crippen LogP contribution in [0.3, 0.4) is 0 Å². The lowest BCUT2D eigenvalue weighted by molar-refractivity contribution is 0.243. The SMILES string of the molecule is CC(C)Oc1ccc2n[nH]c(C3C=C(N4CCCC(c5nncn5C)C4)N=CC3)c2c1. The number of hydrogen-bond acceptors (Lipinski definition) is 6. The van der Waals surface area contributed by atoms with Gasteiger partial charge in [0.1, 0.15) is 23.7 Å². The number of aromatic nitrogens is 5. The van der Waals surface area contributed by atoms with Crippen molar-refractivity contribution in [2.75, 3.05) is 13.1 Å². The molecule has 0 spiro atoms. The molecule has 1 aromatic carbocycles. The molecule has 0 saturated carbocycles. The number of nitrogens with zero attached hydrogens (tertiary/aromatic N) is 6. The summed E-state index contributed by atoms with van der Waals surface area (Å²) in [4.78, 5) is 7.13. The second-order valence-corrected chi connectivity index (χ2v) is 8.75. The molecular weight excluding hydrogens is 390 g/mol. The number of hydrogen-bond donors (Lipinski definition) is 1. The van der Waals surface area contributed by atoms with Crippen LogP contribution >= 0.6 is 0 Å². The summed E-state index contributed by atoms with van der Waals surface area (Å²) in [5.41, 5.74) is 2.08. The molecule has 2 unspecified atom stereocenters. The fourth-order valence-corrected chi connectivity index (χ4v) is 4.63. The van der Waals surface area contributed by atoms with E-state index in [-0.39, 0.29) is 12.0 Å². The van der Waals surface area contributed by atoms with E-state index in [0.29, 0.717) is 5.92 Å². The highest BCUT2D eigenvalue weighted by atomic mass is 16.5. The van der Waals surface area contributed by atoms with Crippen molar-refractivity contribution in [1.82, 2.24) is 29.9 Å². The Labute approximate surface area is 182 Å². The summed E-state index contributed by atoms with van der Waals surface area (Å²) >= 11 is 0. The zero-order valence-corrected chi connectivity index (χ0v) is 18.3. The van der Waals surface area contributed by atoms with Gasteiger partial charge in [0.2, 0.25) is 0 Å². The van der Waals surface area contributed by atoms with Gasteiger partial charge >= 0.3 is 0 Å². The third kappa shape index (κ3) is 3.94. The van der Waals surface area contributed by atoms with Crippen molar-refractivity contribution in [2.45, 2.75) is 51.0 Å². The summed E-state index contributed by atoms with van der Waals surface area (Å²) in [6.45, 7) is 6.01. The number of aliphatic imine (C=N–C) groups is 1. The normalized spacial score (nSPS) is 21.7. The molecule has 8 nitrogen and oxygen atoms in total. The van der Waals surface area contributed by atoms with Gasteiger partial charge in [-0.25, -0.2) is 4.99 Å². The van der Waals surface area contributed by atoms with Crippen LogP contribution in [-0.2, 0) is 7.05 Å². The molecule has 162 valence electrons. The lowest BCUT2D eigenvalue weighted by atomic mass is 9.94. The first-order valence-corrected chi connectivity index (χ1v) is 11.1. The summed E-state index contributed by atoms with van der Waals surface area (Å²) in [6.07, 6.45) is 9.35. The Morgan fingerprint density at radius 1 is 1.26 bits per heavy atom. The summed E-state index contributed by atoms with van der Waals surface area (Å²) < 4.78 is 7.93. The smallest absolute Gasteiger partial charge is 0.137 e. The number of aromatic amines is 1. The average Bonchev–Trinajstić information content (AvgIpc) is 3.39. The Kier molecular flexibility index (Phi) is 5.21. The largest absolute Gasteiger partial charge is 0.491 e. The van der Waals surface area contributed by atoms with E-state index in [2.05, 4.69) is 37.4 Å². The van der Waals surface area contributed by atoms with Crippen LogP contribution in [0.1, 0.15) is 56.5 Å². The number of allylic oxidation sites excluding steroid dienone is 1. The maximum atomic E-state index is 5.90. The van der Waals surface area contributed by atoms with Crippen LogP contribution in [0.4, 0.5) is 0 Å². The van der Waals surface area contributed by atoms with Gasteiger partial charge in [-0.3, -0.25) is 5.10 Å². The molecule has 1 saturated heterocycles. The molecule has 4 heterocycles. The predicted molar refractivity (Wildman–Crippen MR) is 120 cm³/mol. The molecule has 2 aliphatic rings. The highest BCUT2D eigenvalue weighted by molar-refractivity contribution is 5.84. The van der Waals surface area contributed by atoms with Gasteiger partial charge in [-0.05, 0) is 57.4 Å². The quantitative estimate of drug-likeness (QED) is 0.681. The van der Waals surface area contributed by atoms with Crippen molar-refractivity contribution in [3.63, 3.8) is 0 Å². The number of aryl methyl sites for hydroxylation is 1. The first-order chi connectivity index (χ1) is 15.1. The van der Waals surface area contributed by atoms with Gasteiger partial charge in [-0.1, -0.05) is 0 Å². The van der Waals surface area contributed by atoms with Crippen LogP contribution in [0.2, 0.25) is 0 Å². The van der Waals surface area contributed by atoms with Crippen molar-refractivity contribution in [2.24, 2.45) is 12.0 Å². The Morgan fingerprint density at radius 3 is 2.97 bits per heavy atom. The summed E-state index contributed by atoms with van der Waals surface area (Å²) in [6, 6.07) is 6.10. The highest BCUT2D eigenvalue weighted by Crippen LogP contribution is 2.34. The summed E-state index contributed by atoms with van der Waals surface area (Å²) in [5.74, 6) is 3.56. The van der Waals surface area contributed by atoms with Gasteiger partial charge in [-0.2, -0.15) is 5.10 Å². The molecule has 1 N–H and O–H groups in total. The number of piperidine rings is 1. The Balaban J connectivity index is 1.40. The summed E-state index contributed by atoms with van der Waals surface area (Å²) in [7, 11) is 2.02. The van der Waals surface area contributed by atoms with Crippen LogP contribution in [0.25, 0.3) is 10.9 Å². The minimum Gasteiger partial charge on any atom is -0.491 e. The van der Waals surface area contributed by atoms with Crippen LogP contribution < -0.4 is 4.74 Å². The number of H-pyrrole nitrogens is 1. The second-order valence-electron chi connectivity index (χ2n) is 8.75. The molecule has 8 heteroatoms. The van der Waals surface area contributed by atoms with Gasteiger partial charge < -0.3 is 14.2 Å². The first kappa shape index (κ1) is 19.8. The van der Waals surface area contributed by atoms with E-state index in [9.17, 15) is 0 Å². The van der Waals surface area contributed by atoms with Crippen LogP contribution in [-0.4, -0.2) is 55.3 Å². The molecular formula is C23H29N7O. The maximum Gasteiger partial charge on any atom is 0.137 e. The van der Waals surface area contributed by atoms with E-state index in [1.807, 2.05) is 43.8 Å². The van der Waals surface area contributed by atoms with Gasteiger partial charge in [0.25, 0.3) is 0 Å². The van der Waals surface area contributed by atoms with Crippen molar-refractivity contribution < 1.29 is 4.74 Å². The number of likely N-dealkylation sites (tertiary alicyclic amines) is 1. The average molecular weight is 420 g/mol. The van der Waals surface area contributed by atoms with E-state index in [1.165, 1.54) is 0 Å². The van der Waals surface area contributed by atoms with Gasteiger partial charge in [0.05, 0.1) is 17.3 Å². The van der Waals surface area contributed by atoms with E-state index < -0.39 is 0 Å². The number of benzene rings is 1. The molecule has 5 rings (SSSR count). The van der Waals surface area contributed by atoms with Crippen molar-refractivity contribution in [3.05, 3.63) is 47.9 Å². The number of rotatable bonds is 5. The molecule has 0 radical (unpaired) electrons. The van der Waals surface area contributed by atoms with Crippen LogP contribution in [0, 0.1) is 0 Å². The van der Waals surface area contributed by atoms with Crippen molar-refractivity contribution in [1.29, 1.82) is 0 Å². The summed E-state index contributed by atoms with van der Waals surface area (Å²) in [5, 5.41) is 17.3. The zero-order valence-electron chi connectivity index (χ0n) is 18.3. The predicted octanol–water partition coefficient (Wildman–Crippen LogP) is 3.76. The van der Waals surface area contributed by atoms with E-state index in [4.69, 9.17) is 9.73 Å². The first-order valence-electron chi connectivity index (χ1n) is 11.1. The molecule has 2 aliphatic heterocycles. The number of ether oxygens (including phenoxy) is 1. The van der Waals surface area contributed by atoms with Crippen LogP contribution in [0.5, 0.6) is 5.75 Å². The number of fused-ring (bicyclic) bond motifs is 1. The lowest BCUT2D eigenvalue weighted by Gasteiger charge is -2.35. The Morgan fingerprint density at radius 2 is 2.16 bits per heavy atom. The van der Waals surface area contributed by atoms with E-state index in [0.717, 1.165) is 66.3 Å². The topological polar surface area (TPSA) is 84.2 Å². The fourth-order valence-electron chi connectivity index (χ4n) is 4.63. The molecule has 0 aliphatic carbocycles. The zero-order chi connectivity index (χ0) is 21.4. The third-order valence-electron chi connectivity index (χ3n) is 6.09. The minimum atomic E-state index is 0.141. The van der Waals surface area contributed by atoms with E-state index in [1.54, 1.807) is 6.33 Å². The van der Waals surface area contributed by atoms with E-state index >= 15 is 0 Å². The second kappa shape index (κ2) is 8.17. The number of nitrogens with one attached hydrogen (secondary N) is 1.